The van der Waals surface area contributed by atoms with Crippen molar-refractivity contribution in [2.45, 2.75) is 44.8 Å². The van der Waals surface area contributed by atoms with Crippen molar-refractivity contribution in [2.24, 2.45) is 5.41 Å². The zero-order valence-electron chi connectivity index (χ0n) is 19.4. The molecule has 0 spiro atoms. The van der Waals surface area contributed by atoms with Crippen LogP contribution in [0.2, 0.25) is 0 Å². The van der Waals surface area contributed by atoms with Gasteiger partial charge >= 0.3 is 12.1 Å². The lowest BCUT2D eigenvalue weighted by molar-refractivity contribution is -0.148. The van der Waals surface area contributed by atoms with Crippen LogP contribution in [0, 0.1) is 5.41 Å². The van der Waals surface area contributed by atoms with Crippen molar-refractivity contribution in [3.8, 4) is 11.1 Å². The van der Waals surface area contributed by atoms with Crippen LogP contribution in [-0.4, -0.2) is 55.0 Å². The number of hydrogen-bond acceptors (Lipinski definition) is 5. The molecule has 0 radical (unpaired) electrons. The molecule has 1 aliphatic heterocycles. The number of carboxylic acid groups (broad SMARTS) is 1. The Morgan fingerprint density at radius 3 is 2.29 bits per heavy atom. The van der Waals surface area contributed by atoms with Crippen molar-refractivity contribution in [3.05, 3.63) is 59.7 Å². The molecule has 1 heterocycles. The van der Waals surface area contributed by atoms with E-state index in [4.69, 9.17) is 9.47 Å². The summed E-state index contributed by atoms with van der Waals surface area (Å²) in [4.78, 5) is 36.8. The number of amides is 2. The molecule has 0 saturated carbocycles. The molecule has 3 atom stereocenters. The average molecular weight is 467 g/mol. The Balaban J connectivity index is 1.34. The van der Waals surface area contributed by atoms with Gasteiger partial charge in [-0.25, -0.2) is 9.59 Å². The minimum absolute atomic E-state index is 0.0469. The minimum Gasteiger partial charge on any atom is -0.479 e. The Morgan fingerprint density at radius 2 is 1.71 bits per heavy atom. The smallest absolute Gasteiger partial charge is 0.407 e. The molecule has 34 heavy (non-hydrogen) atoms. The van der Waals surface area contributed by atoms with E-state index in [1.54, 1.807) is 6.92 Å². The molecule has 0 bridgehead atoms. The molecule has 1 fully saturated rings. The standard InChI is InChI=1S/C26H30N2O6/c1-3-26(2,24(31)28-21-12-13-33-22(21)23(29)30)15-27-25(32)34-14-20-18-10-6-4-8-16(18)17-9-5-7-11-19(17)20/h4-11,20-22H,3,12-15H2,1-2H3,(H,27,32)(H,28,31)(H,29,30). The maximum absolute atomic E-state index is 12.9. The van der Waals surface area contributed by atoms with Gasteiger partial charge in [0, 0.05) is 19.1 Å². The Morgan fingerprint density at radius 1 is 1.09 bits per heavy atom. The quantitative estimate of drug-likeness (QED) is 0.550. The Kier molecular flexibility index (Phi) is 6.88. The zero-order chi connectivity index (χ0) is 24.3. The van der Waals surface area contributed by atoms with Crippen molar-refractivity contribution in [1.82, 2.24) is 10.6 Å². The number of carbonyl (C=O) groups excluding carboxylic acids is 2. The fraction of sp³-hybridized carbons (Fsp3) is 0.423. The largest absolute Gasteiger partial charge is 0.479 e. The van der Waals surface area contributed by atoms with Crippen LogP contribution in [-0.2, 0) is 19.1 Å². The molecule has 2 aromatic carbocycles. The lowest BCUT2D eigenvalue weighted by Gasteiger charge is -2.29. The van der Waals surface area contributed by atoms with E-state index in [0.717, 1.165) is 22.3 Å². The van der Waals surface area contributed by atoms with Gasteiger partial charge in [-0.15, -0.1) is 0 Å². The van der Waals surface area contributed by atoms with Crippen LogP contribution in [0.25, 0.3) is 11.1 Å². The molecular formula is C26H30N2O6. The highest BCUT2D eigenvalue weighted by Gasteiger charge is 2.39. The molecule has 180 valence electrons. The second-order valence-electron chi connectivity index (χ2n) is 9.09. The predicted molar refractivity (Wildman–Crippen MR) is 125 cm³/mol. The molecule has 3 unspecified atom stereocenters. The maximum Gasteiger partial charge on any atom is 0.407 e. The Labute approximate surface area is 198 Å². The summed E-state index contributed by atoms with van der Waals surface area (Å²) in [5.41, 5.74) is 3.63. The number of nitrogens with one attached hydrogen (secondary N) is 2. The first-order valence-corrected chi connectivity index (χ1v) is 11.6. The van der Waals surface area contributed by atoms with Gasteiger partial charge in [-0.2, -0.15) is 0 Å². The van der Waals surface area contributed by atoms with Crippen molar-refractivity contribution >= 4 is 18.0 Å². The summed E-state index contributed by atoms with van der Waals surface area (Å²) in [6, 6.07) is 15.6. The number of hydrogen-bond donors (Lipinski definition) is 3. The molecule has 1 aliphatic carbocycles. The Bertz CT molecular complexity index is 1040. The average Bonchev–Trinajstić information content (AvgIpc) is 3.44. The van der Waals surface area contributed by atoms with Crippen molar-refractivity contribution in [1.29, 1.82) is 0 Å². The van der Waals surface area contributed by atoms with E-state index >= 15 is 0 Å². The Hall–Kier alpha value is -3.39. The number of aliphatic carboxylic acids is 1. The minimum atomic E-state index is -1.10. The molecule has 2 aromatic rings. The van der Waals surface area contributed by atoms with Gasteiger partial charge in [-0.1, -0.05) is 55.5 Å². The molecule has 0 aromatic heterocycles. The van der Waals surface area contributed by atoms with Crippen molar-refractivity contribution < 1.29 is 29.0 Å². The van der Waals surface area contributed by atoms with Gasteiger partial charge in [0.2, 0.25) is 5.91 Å². The van der Waals surface area contributed by atoms with Gasteiger partial charge in [-0.05, 0) is 42.0 Å². The summed E-state index contributed by atoms with van der Waals surface area (Å²) in [6.07, 6.45) is -0.766. The highest BCUT2D eigenvalue weighted by molar-refractivity contribution is 5.85. The topological polar surface area (TPSA) is 114 Å². The highest BCUT2D eigenvalue weighted by Crippen LogP contribution is 2.44. The van der Waals surface area contributed by atoms with Crippen LogP contribution in [0.5, 0.6) is 0 Å². The number of alkyl carbamates (subject to hydrolysis) is 1. The monoisotopic (exact) mass is 466 g/mol. The second kappa shape index (κ2) is 9.85. The summed E-state index contributed by atoms with van der Waals surface area (Å²) in [6.45, 7) is 4.12. The van der Waals surface area contributed by atoms with Gasteiger partial charge in [0.05, 0.1) is 11.5 Å². The fourth-order valence-corrected chi connectivity index (χ4v) is 4.61. The summed E-state index contributed by atoms with van der Waals surface area (Å²) >= 11 is 0. The van der Waals surface area contributed by atoms with Crippen molar-refractivity contribution in [3.63, 3.8) is 0 Å². The van der Waals surface area contributed by atoms with Crippen molar-refractivity contribution in [2.75, 3.05) is 19.8 Å². The van der Waals surface area contributed by atoms with Crippen LogP contribution >= 0.6 is 0 Å². The summed E-state index contributed by atoms with van der Waals surface area (Å²) in [5.74, 6) is -1.47. The van der Waals surface area contributed by atoms with E-state index in [1.807, 2.05) is 31.2 Å². The number of carbonyl (C=O) groups is 3. The number of carboxylic acids is 1. The van der Waals surface area contributed by atoms with Crippen LogP contribution in [0.3, 0.4) is 0 Å². The molecule has 3 N–H and O–H groups in total. The molecule has 2 amide bonds. The lowest BCUT2D eigenvalue weighted by Crippen LogP contribution is -2.52. The first-order chi connectivity index (χ1) is 16.3. The van der Waals surface area contributed by atoms with E-state index in [9.17, 15) is 19.5 Å². The molecular weight excluding hydrogens is 436 g/mol. The first kappa shape index (κ1) is 23.8. The van der Waals surface area contributed by atoms with Crippen LogP contribution in [0.1, 0.15) is 43.7 Å². The summed E-state index contributed by atoms with van der Waals surface area (Å²) < 4.78 is 10.8. The SMILES string of the molecule is CCC(C)(CNC(=O)OCC1c2ccccc2-c2ccccc21)C(=O)NC1CCOC1C(=O)O. The third-order valence-corrected chi connectivity index (χ3v) is 6.95. The lowest BCUT2D eigenvalue weighted by atomic mass is 9.86. The third-order valence-electron chi connectivity index (χ3n) is 6.95. The predicted octanol–water partition coefficient (Wildman–Crippen LogP) is 3.30. The van der Waals surface area contributed by atoms with E-state index in [1.165, 1.54) is 0 Å². The van der Waals surface area contributed by atoms with Crippen LogP contribution in [0.4, 0.5) is 4.79 Å². The molecule has 2 aliphatic rings. The third kappa shape index (κ3) is 4.63. The van der Waals surface area contributed by atoms with Gasteiger partial charge in [0.1, 0.15) is 6.61 Å². The van der Waals surface area contributed by atoms with Gasteiger partial charge in [0.25, 0.3) is 0 Å². The number of rotatable bonds is 8. The number of benzene rings is 2. The molecule has 1 saturated heterocycles. The summed E-state index contributed by atoms with van der Waals surface area (Å²) in [7, 11) is 0. The number of ether oxygens (including phenoxy) is 2. The highest BCUT2D eigenvalue weighted by atomic mass is 16.5. The van der Waals surface area contributed by atoms with Crippen LogP contribution < -0.4 is 10.6 Å². The van der Waals surface area contributed by atoms with E-state index < -0.39 is 29.6 Å². The first-order valence-electron chi connectivity index (χ1n) is 11.6. The molecule has 4 rings (SSSR count). The van der Waals surface area contributed by atoms with Gasteiger partial charge in [-0.3, -0.25) is 4.79 Å². The fourth-order valence-electron chi connectivity index (χ4n) is 4.61. The molecule has 8 heteroatoms. The van der Waals surface area contributed by atoms with Gasteiger partial charge < -0.3 is 25.2 Å². The summed E-state index contributed by atoms with van der Waals surface area (Å²) in [5, 5.41) is 14.8. The maximum atomic E-state index is 12.9. The van der Waals surface area contributed by atoms with Crippen LogP contribution in [0.15, 0.2) is 48.5 Å². The van der Waals surface area contributed by atoms with E-state index in [2.05, 4.69) is 34.9 Å². The second-order valence-corrected chi connectivity index (χ2v) is 9.09. The normalized spacial score (nSPS) is 20.6. The van der Waals surface area contributed by atoms with E-state index in [0.29, 0.717) is 12.8 Å². The van der Waals surface area contributed by atoms with E-state index in [-0.39, 0.29) is 31.6 Å². The number of fused-ring (bicyclic) bond motifs is 3. The van der Waals surface area contributed by atoms with Gasteiger partial charge in [0.15, 0.2) is 6.10 Å². The molecule has 8 nitrogen and oxygen atoms in total. The zero-order valence-corrected chi connectivity index (χ0v) is 19.4.